The summed E-state index contributed by atoms with van der Waals surface area (Å²) < 4.78 is 0. The summed E-state index contributed by atoms with van der Waals surface area (Å²) in [5.74, 6) is 1.27. The van der Waals surface area contributed by atoms with Gasteiger partial charge in [-0.25, -0.2) is 0 Å². The maximum atomic E-state index is 10.0. The van der Waals surface area contributed by atoms with E-state index in [-0.39, 0.29) is 6.10 Å². The maximum Gasteiger partial charge on any atom is 0.0583 e. The molecule has 0 radical (unpaired) electrons. The van der Waals surface area contributed by atoms with Crippen LogP contribution in [0.1, 0.15) is 35.1 Å². The Hall–Kier alpha value is -0.860. The van der Waals surface area contributed by atoms with E-state index < -0.39 is 0 Å². The number of rotatable bonds is 2. The molecule has 1 aromatic rings. The number of likely N-dealkylation sites (tertiary alicyclic amines) is 1. The highest BCUT2D eigenvalue weighted by molar-refractivity contribution is 5.37. The Morgan fingerprint density at radius 3 is 2.42 bits per heavy atom. The van der Waals surface area contributed by atoms with Crippen molar-refractivity contribution in [1.29, 1.82) is 0 Å². The van der Waals surface area contributed by atoms with Gasteiger partial charge in [0.15, 0.2) is 0 Å². The molecule has 3 atom stereocenters. The maximum absolute atomic E-state index is 10.0. The molecule has 2 heteroatoms. The Bertz CT molecular complexity index is 459. The van der Waals surface area contributed by atoms with Gasteiger partial charge in [0, 0.05) is 25.6 Å². The molecule has 0 aromatic heterocycles. The lowest BCUT2D eigenvalue weighted by Gasteiger charge is -2.21. The highest BCUT2D eigenvalue weighted by atomic mass is 16.3. The van der Waals surface area contributed by atoms with Crippen molar-refractivity contribution in [2.24, 2.45) is 11.8 Å². The average molecular weight is 259 g/mol. The second-order valence-corrected chi connectivity index (χ2v) is 6.64. The van der Waals surface area contributed by atoms with Crippen molar-refractivity contribution >= 4 is 0 Å². The topological polar surface area (TPSA) is 23.5 Å². The van der Waals surface area contributed by atoms with Crippen LogP contribution >= 0.6 is 0 Å². The van der Waals surface area contributed by atoms with Gasteiger partial charge in [0.05, 0.1) is 6.10 Å². The van der Waals surface area contributed by atoms with Crippen LogP contribution in [-0.2, 0) is 6.54 Å². The van der Waals surface area contributed by atoms with Crippen molar-refractivity contribution in [1.82, 2.24) is 4.90 Å². The fourth-order valence-corrected chi connectivity index (χ4v) is 4.14. The molecule has 0 spiro atoms. The molecule has 0 amide bonds. The van der Waals surface area contributed by atoms with Crippen LogP contribution in [0.3, 0.4) is 0 Å². The second-order valence-electron chi connectivity index (χ2n) is 6.64. The minimum absolute atomic E-state index is 0.0461. The molecule has 1 aliphatic carbocycles. The van der Waals surface area contributed by atoms with E-state index in [2.05, 4.69) is 37.8 Å². The van der Waals surface area contributed by atoms with Crippen molar-refractivity contribution < 1.29 is 5.11 Å². The predicted octanol–water partition coefficient (Wildman–Crippen LogP) is 2.81. The second kappa shape index (κ2) is 4.92. The number of nitrogens with zero attached hydrogens (tertiary/aromatic N) is 1. The normalized spacial score (nSPS) is 30.8. The lowest BCUT2D eigenvalue weighted by molar-refractivity contribution is 0.123. The fraction of sp³-hybridized carbons (Fsp3) is 0.647. The number of hydrogen-bond acceptors (Lipinski definition) is 2. The molecule has 3 rings (SSSR count). The van der Waals surface area contributed by atoms with E-state index in [1.54, 1.807) is 0 Å². The van der Waals surface area contributed by atoms with Crippen molar-refractivity contribution in [3.63, 3.8) is 0 Å². The fourth-order valence-electron chi connectivity index (χ4n) is 4.14. The summed E-state index contributed by atoms with van der Waals surface area (Å²) >= 11 is 0. The first-order chi connectivity index (χ1) is 9.04. The van der Waals surface area contributed by atoms with Crippen molar-refractivity contribution in [2.45, 2.75) is 46.3 Å². The quantitative estimate of drug-likeness (QED) is 0.883. The first-order valence-corrected chi connectivity index (χ1v) is 7.51. The zero-order valence-corrected chi connectivity index (χ0v) is 12.3. The van der Waals surface area contributed by atoms with E-state index in [1.807, 2.05) is 0 Å². The Labute approximate surface area is 116 Å². The van der Waals surface area contributed by atoms with Gasteiger partial charge in [-0.15, -0.1) is 0 Å². The molecule has 104 valence electrons. The molecule has 1 saturated carbocycles. The zero-order chi connectivity index (χ0) is 13.6. The van der Waals surface area contributed by atoms with E-state index in [0.29, 0.717) is 5.92 Å². The van der Waals surface area contributed by atoms with Gasteiger partial charge in [-0.3, -0.25) is 4.90 Å². The van der Waals surface area contributed by atoms with E-state index in [0.717, 1.165) is 25.4 Å². The van der Waals surface area contributed by atoms with Gasteiger partial charge in [-0.1, -0.05) is 17.7 Å². The molecule has 19 heavy (non-hydrogen) atoms. The molecule has 2 fully saturated rings. The SMILES string of the molecule is Cc1cc(C)c(CN2CC3CCC(O)C3C2)c(C)c1. The number of benzene rings is 1. The molecular weight excluding hydrogens is 234 g/mol. The molecule has 1 aliphatic heterocycles. The van der Waals surface area contributed by atoms with Crippen molar-refractivity contribution in [3.05, 3.63) is 34.4 Å². The summed E-state index contributed by atoms with van der Waals surface area (Å²) in [6, 6.07) is 4.57. The van der Waals surface area contributed by atoms with Crippen LogP contribution in [0.4, 0.5) is 0 Å². The van der Waals surface area contributed by atoms with Gasteiger partial charge in [-0.2, -0.15) is 0 Å². The molecule has 1 N–H and O–H groups in total. The van der Waals surface area contributed by atoms with Gasteiger partial charge in [0.2, 0.25) is 0 Å². The molecule has 1 saturated heterocycles. The smallest absolute Gasteiger partial charge is 0.0583 e. The van der Waals surface area contributed by atoms with Crippen LogP contribution < -0.4 is 0 Å². The number of aliphatic hydroxyl groups excluding tert-OH is 1. The molecular formula is C17H25NO. The third-order valence-corrected chi connectivity index (χ3v) is 5.12. The van der Waals surface area contributed by atoms with Gasteiger partial charge < -0.3 is 5.11 Å². The number of aliphatic hydroxyl groups is 1. The highest BCUT2D eigenvalue weighted by Gasteiger charge is 2.41. The van der Waals surface area contributed by atoms with Gasteiger partial charge in [-0.05, 0) is 56.2 Å². The van der Waals surface area contributed by atoms with E-state index in [1.165, 1.54) is 35.2 Å². The molecule has 1 heterocycles. The third kappa shape index (κ3) is 2.44. The number of fused-ring (bicyclic) bond motifs is 1. The summed E-state index contributed by atoms with van der Waals surface area (Å²) in [7, 11) is 0. The predicted molar refractivity (Wildman–Crippen MR) is 78.2 cm³/mol. The summed E-state index contributed by atoms with van der Waals surface area (Å²) in [6.07, 6.45) is 2.19. The summed E-state index contributed by atoms with van der Waals surface area (Å²) in [4.78, 5) is 2.54. The Morgan fingerprint density at radius 2 is 1.79 bits per heavy atom. The largest absolute Gasteiger partial charge is 0.393 e. The van der Waals surface area contributed by atoms with Crippen LogP contribution in [0.15, 0.2) is 12.1 Å². The summed E-state index contributed by atoms with van der Waals surface area (Å²) in [6.45, 7) is 9.92. The monoisotopic (exact) mass is 259 g/mol. The van der Waals surface area contributed by atoms with Gasteiger partial charge in [0.1, 0.15) is 0 Å². The molecule has 3 unspecified atom stereocenters. The van der Waals surface area contributed by atoms with Crippen LogP contribution in [-0.4, -0.2) is 29.2 Å². The minimum Gasteiger partial charge on any atom is -0.393 e. The van der Waals surface area contributed by atoms with Crippen LogP contribution in [0.2, 0.25) is 0 Å². The van der Waals surface area contributed by atoms with Crippen LogP contribution in [0.25, 0.3) is 0 Å². The summed E-state index contributed by atoms with van der Waals surface area (Å²) in [5.41, 5.74) is 5.66. The number of aryl methyl sites for hydroxylation is 3. The van der Waals surface area contributed by atoms with Crippen molar-refractivity contribution in [2.75, 3.05) is 13.1 Å². The van der Waals surface area contributed by atoms with Gasteiger partial charge >= 0.3 is 0 Å². The Kier molecular flexibility index (Phi) is 3.40. The summed E-state index contributed by atoms with van der Waals surface area (Å²) in [5, 5.41) is 10.0. The Balaban J connectivity index is 1.73. The minimum atomic E-state index is -0.0461. The number of hydrogen-bond donors (Lipinski definition) is 1. The molecule has 0 bridgehead atoms. The molecule has 2 aliphatic rings. The zero-order valence-electron chi connectivity index (χ0n) is 12.3. The van der Waals surface area contributed by atoms with Crippen molar-refractivity contribution in [3.8, 4) is 0 Å². The lowest BCUT2D eigenvalue weighted by Crippen LogP contribution is -2.25. The standard InChI is InChI=1S/C17H25NO/c1-11-6-12(2)15(13(3)7-11)9-18-8-14-4-5-17(19)16(14)10-18/h6-7,14,16-17,19H,4-5,8-10H2,1-3H3. The van der Waals surface area contributed by atoms with E-state index in [9.17, 15) is 5.11 Å². The van der Waals surface area contributed by atoms with E-state index in [4.69, 9.17) is 0 Å². The van der Waals surface area contributed by atoms with Gasteiger partial charge in [0.25, 0.3) is 0 Å². The van der Waals surface area contributed by atoms with Crippen LogP contribution in [0.5, 0.6) is 0 Å². The Morgan fingerprint density at radius 1 is 1.11 bits per heavy atom. The average Bonchev–Trinajstić information content (AvgIpc) is 2.86. The molecule has 2 nitrogen and oxygen atoms in total. The first-order valence-electron chi connectivity index (χ1n) is 7.51. The van der Waals surface area contributed by atoms with E-state index >= 15 is 0 Å². The van der Waals surface area contributed by atoms with Crippen LogP contribution in [0, 0.1) is 32.6 Å². The highest BCUT2D eigenvalue weighted by Crippen LogP contribution is 2.38. The molecule has 1 aromatic carbocycles. The third-order valence-electron chi connectivity index (χ3n) is 5.12. The lowest BCUT2D eigenvalue weighted by atomic mass is 9.99. The first kappa shape index (κ1) is 13.1.